The summed E-state index contributed by atoms with van der Waals surface area (Å²) in [5.41, 5.74) is 0.836. The average molecular weight is 317 g/mol. The molecule has 1 heterocycles. The van der Waals surface area contributed by atoms with Crippen LogP contribution in [-0.4, -0.2) is 50.9 Å². The van der Waals surface area contributed by atoms with E-state index in [0.29, 0.717) is 24.7 Å². The lowest BCUT2D eigenvalue weighted by molar-refractivity contribution is -0.131. The second-order valence-electron chi connectivity index (χ2n) is 4.90. The second kappa shape index (κ2) is 6.11. The first-order chi connectivity index (χ1) is 9.38. The van der Waals surface area contributed by atoms with E-state index in [1.54, 1.807) is 11.0 Å². The fourth-order valence-corrected chi connectivity index (χ4v) is 3.21. The summed E-state index contributed by atoms with van der Waals surface area (Å²) in [6.45, 7) is 1.69. The van der Waals surface area contributed by atoms with Crippen LogP contribution in [0.3, 0.4) is 0 Å². The van der Waals surface area contributed by atoms with E-state index < -0.39 is 15.6 Å². The van der Waals surface area contributed by atoms with Crippen LogP contribution in [0.1, 0.15) is 11.6 Å². The Bertz CT molecular complexity index is 603. The zero-order chi connectivity index (χ0) is 14.8. The third-order valence-corrected chi connectivity index (χ3v) is 4.33. The van der Waals surface area contributed by atoms with Crippen LogP contribution < -0.4 is 5.32 Å². The molecule has 0 aromatic heterocycles. The summed E-state index contributed by atoms with van der Waals surface area (Å²) in [6.07, 6.45) is 1.07. The molecule has 0 saturated carbocycles. The standard InChI is InChI=1S/C13H17ClN2O3S/c1-20(18,19)9-13(17)16-7-6-15-8-12(16)10-4-2-3-5-11(10)14/h2-5,12,15H,6-9H2,1H3. The lowest BCUT2D eigenvalue weighted by Gasteiger charge is -2.36. The van der Waals surface area contributed by atoms with E-state index in [1.165, 1.54) is 0 Å². The van der Waals surface area contributed by atoms with Gasteiger partial charge in [0.15, 0.2) is 9.84 Å². The maximum absolute atomic E-state index is 12.2. The maximum atomic E-state index is 12.2. The van der Waals surface area contributed by atoms with Crippen LogP contribution in [0.4, 0.5) is 0 Å². The number of hydrogen-bond acceptors (Lipinski definition) is 4. The quantitative estimate of drug-likeness (QED) is 0.898. The number of nitrogens with one attached hydrogen (secondary N) is 1. The van der Waals surface area contributed by atoms with Gasteiger partial charge in [-0.25, -0.2) is 8.42 Å². The predicted octanol–water partition coefficient (Wildman–Crippen LogP) is 0.858. The summed E-state index contributed by atoms with van der Waals surface area (Å²) in [5.74, 6) is -0.840. The molecule has 5 nitrogen and oxygen atoms in total. The van der Waals surface area contributed by atoms with Crippen molar-refractivity contribution >= 4 is 27.3 Å². The Labute approximate surface area is 123 Å². The number of halogens is 1. The number of piperazine rings is 1. The predicted molar refractivity (Wildman–Crippen MR) is 78.5 cm³/mol. The first-order valence-electron chi connectivity index (χ1n) is 6.31. The Morgan fingerprint density at radius 1 is 1.45 bits per heavy atom. The maximum Gasteiger partial charge on any atom is 0.238 e. The molecule has 7 heteroatoms. The van der Waals surface area contributed by atoms with E-state index in [0.717, 1.165) is 11.8 Å². The van der Waals surface area contributed by atoms with Gasteiger partial charge in [0.1, 0.15) is 5.75 Å². The van der Waals surface area contributed by atoms with Crippen LogP contribution in [0.2, 0.25) is 5.02 Å². The molecule has 2 rings (SSSR count). The van der Waals surface area contributed by atoms with Crippen molar-refractivity contribution in [1.82, 2.24) is 10.2 Å². The largest absolute Gasteiger partial charge is 0.332 e. The van der Waals surface area contributed by atoms with Crippen LogP contribution in [-0.2, 0) is 14.6 Å². The number of rotatable bonds is 3. The summed E-state index contributed by atoms with van der Waals surface area (Å²) in [5, 5.41) is 3.79. The summed E-state index contributed by atoms with van der Waals surface area (Å²) in [6, 6.07) is 7.08. The van der Waals surface area contributed by atoms with Crippen molar-refractivity contribution in [3.05, 3.63) is 34.9 Å². The molecule has 1 aliphatic heterocycles. The molecule has 1 amide bonds. The highest BCUT2D eigenvalue weighted by molar-refractivity contribution is 7.91. The molecule has 1 fully saturated rings. The molecule has 20 heavy (non-hydrogen) atoms. The molecule has 1 unspecified atom stereocenters. The molecule has 1 aromatic rings. The molecule has 0 bridgehead atoms. The summed E-state index contributed by atoms with van der Waals surface area (Å²) in [4.78, 5) is 13.8. The molecule has 1 aliphatic rings. The van der Waals surface area contributed by atoms with Gasteiger partial charge in [-0.3, -0.25) is 4.79 Å². The van der Waals surface area contributed by atoms with Gasteiger partial charge in [0, 0.05) is 30.9 Å². The lowest BCUT2D eigenvalue weighted by atomic mass is 10.0. The minimum absolute atomic E-state index is 0.230. The molecule has 1 atom stereocenters. The Kier molecular flexibility index (Phi) is 4.67. The average Bonchev–Trinajstić information content (AvgIpc) is 2.37. The fourth-order valence-electron chi connectivity index (χ4n) is 2.33. The van der Waals surface area contributed by atoms with Gasteiger partial charge in [-0.1, -0.05) is 29.8 Å². The Hall–Kier alpha value is -1.11. The summed E-state index contributed by atoms with van der Waals surface area (Å²) < 4.78 is 22.6. The molecular weight excluding hydrogens is 300 g/mol. The molecule has 0 radical (unpaired) electrons. The van der Waals surface area contributed by atoms with Crippen LogP contribution in [0.5, 0.6) is 0 Å². The van der Waals surface area contributed by atoms with E-state index in [1.807, 2.05) is 18.2 Å². The van der Waals surface area contributed by atoms with E-state index >= 15 is 0 Å². The summed E-state index contributed by atoms with van der Waals surface area (Å²) in [7, 11) is -3.33. The van der Waals surface area contributed by atoms with Crippen molar-refractivity contribution in [2.24, 2.45) is 0 Å². The highest BCUT2D eigenvalue weighted by Gasteiger charge is 2.30. The molecule has 0 spiro atoms. The van der Waals surface area contributed by atoms with Crippen LogP contribution in [0, 0.1) is 0 Å². The van der Waals surface area contributed by atoms with Crippen LogP contribution >= 0.6 is 11.6 Å². The van der Waals surface area contributed by atoms with Crippen LogP contribution in [0.15, 0.2) is 24.3 Å². The third kappa shape index (κ3) is 3.71. The molecule has 1 N–H and O–H groups in total. The molecule has 1 aromatic carbocycles. The van der Waals surface area contributed by atoms with Gasteiger partial charge in [0.2, 0.25) is 5.91 Å². The van der Waals surface area contributed by atoms with Crippen molar-refractivity contribution in [1.29, 1.82) is 0 Å². The summed E-state index contributed by atoms with van der Waals surface area (Å²) >= 11 is 6.18. The minimum atomic E-state index is -3.33. The Morgan fingerprint density at radius 2 is 2.15 bits per heavy atom. The van der Waals surface area contributed by atoms with Gasteiger partial charge in [-0.05, 0) is 11.6 Å². The lowest BCUT2D eigenvalue weighted by Crippen LogP contribution is -2.50. The Morgan fingerprint density at radius 3 is 2.80 bits per heavy atom. The smallest absolute Gasteiger partial charge is 0.238 e. The van der Waals surface area contributed by atoms with E-state index in [9.17, 15) is 13.2 Å². The topological polar surface area (TPSA) is 66.5 Å². The van der Waals surface area contributed by atoms with Crippen molar-refractivity contribution in [3.8, 4) is 0 Å². The van der Waals surface area contributed by atoms with Crippen molar-refractivity contribution in [2.75, 3.05) is 31.6 Å². The van der Waals surface area contributed by atoms with Gasteiger partial charge in [0.25, 0.3) is 0 Å². The third-order valence-electron chi connectivity index (χ3n) is 3.21. The fraction of sp³-hybridized carbons (Fsp3) is 0.462. The van der Waals surface area contributed by atoms with Gasteiger partial charge >= 0.3 is 0 Å². The zero-order valence-electron chi connectivity index (χ0n) is 11.2. The number of carbonyl (C=O) groups is 1. The van der Waals surface area contributed by atoms with Gasteiger partial charge in [-0.2, -0.15) is 0 Å². The Balaban J connectivity index is 2.26. The first kappa shape index (κ1) is 15.3. The normalized spacial score (nSPS) is 19.9. The van der Waals surface area contributed by atoms with Gasteiger partial charge in [-0.15, -0.1) is 0 Å². The molecule has 0 aliphatic carbocycles. The van der Waals surface area contributed by atoms with Gasteiger partial charge < -0.3 is 10.2 Å². The van der Waals surface area contributed by atoms with E-state index in [2.05, 4.69) is 5.32 Å². The number of sulfone groups is 1. The highest BCUT2D eigenvalue weighted by atomic mass is 35.5. The number of benzene rings is 1. The monoisotopic (exact) mass is 316 g/mol. The zero-order valence-corrected chi connectivity index (χ0v) is 12.7. The molecule has 1 saturated heterocycles. The minimum Gasteiger partial charge on any atom is -0.332 e. The number of nitrogens with zero attached hydrogens (tertiary/aromatic N) is 1. The van der Waals surface area contributed by atoms with Gasteiger partial charge in [0.05, 0.1) is 6.04 Å². The number of carbonyl (C=O) groups excluding carboxylic acids is 1. The van der Waals surface area contributed by atoms with Crippen LogP contribution in [0.25, 0.3) is 0 Å². The molecular formula is C13H17ClN2O3S. The number of hydrogen-bond donors (Lipinski definition) is 1. The molecule has 110 valence electrons. The van der Waals surface area contributed by atoms with E-state index in [-0.39, 0.29) is 11.9 Å². The highest BCUT2D eigenvalue weighted by Crippen LogP contribution is 2.28. The van der Waals surface area contributed by atoms with Crippen molar-refractivity contribution in [3.63, 3.8) is 0 Å². The second-order valence-corrected chi connectivity index (χ2v) is 7.45. The van der Waals surface area contributed by atoms with Crippen molar-refractivity contribution < 1.29 is 13.2 Å². The number of amides is 1. The van der Waals surface area contributed by atoms with Crippen molar-refractivity contribution in [2.45, 2.75) is 6.04 Å². The van der Waals surface area contributed by atoms with E-state index in [4.69, 9.17) is 11.6 Å². The SMILES string of the molecule is CS(=O)(=O)CC(=O)N1CCNCC1c1ccccc1Cl. The first-order valence-corrected chi connectivity index (χ1v) is 8.74.